The molecule has 2 aliphatic carbocycles. The van der Waals surface area contributed by atoms with Crippen LogP contribution >= 0.6 is 0 Å². The Balaban J connectivity index is 1.37. The average Bonchev–Trinajstić information content (AvgIpc) is 3.40. The first kappa shape index (κ1) is 19.2. The minimum absolute atomic E-state index is 0.203. The van der Waals surface area contributed by atoms with Crippen LogP contribution in [0, 0.1) is 11.8 Å². The minimum Gasteiger partial charge on any atom is -0.360 e. The summed E-state index contributed by atoms with van der Waals surface area (Å²) < 4.78 is 30.6. The quantitative estimate of drug-likeness (QED) is 0.773. The zero-order valence-electron chi connectivity index (χ0n) is 16.1. The number of nitrogens with zero attached hydrogens (tertiary/aromatic N) is 1. The molecule has 6 nitrogen and oxygen atoms in total. The minimum atomic E-state index is -3.31. The van der Waals surface area contributed by atoms with E-state index in [1.54, 1.807) is 30.3 Å². The summed E-state index contributed by atoms with van der Waals surface area (Å²) >= 11 is 0. The molecule has 7 heteroatoms. The number of amides is 1. The van der Waals surface area contributed by atoms with Crippen LogP contribution in [0.15, 0.2) is 39.8 Å². The molecule has 4 rings (SSSR count). The van der Waals surface area contributed by atoms with Crippen LogP contribution in [-0.4, -0.2) is 25.2 Å². The van der Waals surface area contributed by atoms with Crippen LogP contribution < -0.4 is 5.32 Å². The Morgan fingerprint density at radius 3 is 2.43 bits per heavy atom. The molecule has 0 unspecified atom stereocenters. The Morgan fingerprint density at radius 1 is 1.11 bits per heavy atom. The largest absolute Gasteiger partial charge is 0.360 e. The van der Waals surface area contributed by atoms with Gasteiger partial charge in [0.2, 0.25) is 0 Å². The molecule has 1 heterocycles. The lowest BCUT2D eigenvalue weighted by Gasteiger charge is -2.25. The zero-order valence-corrected chi connectivity index (χ0v) is 16.9. The number of nitrogens with one attached hydrogen (secondary N) is 1. The van der Waals surface area contributed by atoms with Crippen molar-refractivity contribution in [2.24, 2.45) is 11.8 Å². The maximum absolute atomic E-state index is 12.7. The molecule has 0 bridgehead atoms. The number of carbonyl (C=O) groups is 1. The second kappa shape index (κ2) is 7.70. The molecule has 0 spiro atoms. The highest BCUT2D eigenvalue weighted by atomic mass is 32.2. The van der Waals surface area contributed by atoms with Gasteiger partial charge in [-0.1, -0.05) is 24.9 Å². The van der Waals surface area contributed by atoms with Crippen molar-refractivity contribution < 1.29 is 17.7 Å². The molecule has 0 atom stereocenters. The summed E-state index contributed by atoms with van der Waals surface area (Å²) in [7, 11) is -3.31. The van der Waals surface area contributed by atoms with Gasteiger partial charge in [-0.3, -0.25) is 4.79 Å². The van der Waals surface area contributed by atoms with Gasteiger partial charge in [-0.05, 0) is 61.8 Å². The molecule has 2 fully saturated rings. The molecule has 1 N–H and O–H groups in total. The van der Waals surface area contributed by atoms with Crippen molar-refractivity contribution in [3.63, 3.8) is 0 Å². The fourth-order valence-electron chi connectivity index (χ4n) is 3.80. The molecule has 1 amide bonds. The Hall–Kier alpha value is -2.15. The molecule has 2 saturated carbocycles. The summed E-state index contributed by atoms with van der Waals surface area (Å²) in [6.45, 7) is 2.23. The summed E-state index contributed by atoms with van der Waals surface area (Å²) in [5, 5.41) is 6.56. The number of hydrogen-bond acceptors (Lipinski definition) is 5. The third-order valence-corrected chi connectivity index (χ3v) is 7.70. The van der Waals surface area contributed by atoms with E-state index in [4.69, 9.17) is 4.52 Å². The number of carbonyl (C=O) groups excluding carboxylic acids is 1. The van der Waals surface area contributed by atoms with Crippen molar-refractivity contribution in [2.45, 2.75) is 56.3 Å². The van der Waals surface area contributed by atoms with Crippen molar-refractivity contribution in [1.29, 1.82) is 0 Å². The van der Waals surface area contributed by atoms with Crippen molar-refractivity contribution in [3.8, 4) is 0 Å². The molecule has 1 aromatic heterocycles. The van der Waals surface area contributed by atoms with Gasteiger partial charge in [0, 0.05) is 17.7 Å². The standard InChI is InChI=1S/C21H26N2O4S/c1-14-2-4-15(5-3-14)13-28(25,26)18-10-8-17(9-11-18)22-21(24)19-12-20(27-23-19)16-6-7-16/h8-12,14-16H,2-7,13H2,1H3,(H,22,24). The van der Waals surface area contributed by atoms with Crippen molar-refractivity contribution in [2.75, 3.05) is 11.1 Å². The fraction of sp³-hybridized carbons (Fsp3) is 0.524. The first-order valence-corrected chi connectivity index (χ1v) is 11.7. The smallest absolute Gasteiger partial charge is 0.277 e. The SMILES string of the molecule is CC1CCC(CS(=O)(=O)c2ccc(NC(=O)c3cc(C4CC4)on3)cc2)CC1. The molecule has 2 aliphatic rings. The van der Waals surface area contributed by atoms with Crippen molar-refractivity contribution in [3.05, 3.63) is 41.8 Å². The van der Waals surface area contributed by atoms with Crippen molar-refractivity contribution >= 4 is 21.4 Å². The molecular formula is C21H26N2O4S. The first-order chi connectivity index (χ1) is 13.4. The maximum atomic E-state index is 12.7. The Morgan fingerprint density at radius 2 is 1.79 bits per heavy atom. The monoisotopic (exact) mass is 402 g/mol. The number of sulfone groups is 1. The highest BCUT2D eigenvalue weighted by molar-refractivity contribution is 7.91. The predicted octanol–water partition coefficient (Wildman–Crippen LogP) is 4.40. The van der Waals surface area contributed by atoms with Crippen LogP contribution in [0.2, 0.25) is 0 Å². The Labute approximate surface area is 165 Å². The molecule has 2 aromatic rings. The second-order valence-electron chi connectivity index (χ2n) is 8.27. The highest BCUT2D eigenvalue weighted by Crippen LogP contribution is 2.40. The van der Waals surface area contributed by atoms with Gasteiger partial charge in [0.1, 0.15) is 5.76 Å². The van der Waals surface area contributed by atoms with E-state index in [2.05, 4.69) is 17.4 Å². The van der Waals surface area contributed by atoms with Gasteiger partial charge in [0.25, 0.3) is 5.91 Å². The molecule has 0 radical (unpaired) electrons. The molecule has 1 aromatic carbocycles. The van der Waals surface area contributed by atoms with Crippen LogP contribution in [0.3, 0.4) is 0 Å². The van der Waals surface area contributed by atoms with Crippen LogP contribution in [0.5, 0.6) is 0 Å². The topological polar surface area (TPSA) is 89.3 Å². The van der Waals surface area contributed by atoms with Gasteiger partial charge < -0.3 is 9.84 Å². The van der Waals surface area contributed by atoms with Gasteiger partial charge in [-0.2, -0.15) is 0 Å². The van der Waals surface area contributed by atoms with E-state index < -0.39 is 9.84 Å². The van der Waals surface area contributed by atoms with Crippen LogP contribution in [-0.2, 0) is 9.84 Å². The average molecular weight is 403 g/mol. The van der Waals surface area contributed by atoms with E-state index in [9.17, 15) is 13.2 Å². The van der Waals surface area contributed by atoms with E-state index in [0.29, 0.717) is 22.4 Å². The van der Waals surface area contributed by atoms with Crippen LogP contribution in [0.1, 0.15) is 67.6 Å². The number of anilines is 1. The third-order valence-electron chi connectivity index (χ3n) is 5.80. The summed E-state index contributed by atoms with van der Waals surface area (Å²) in [6.07, 6.45) is 6.33. The summed E-state index contributed by atoms with van der Waals surface area (Å²) in [5.41, 5.74) is 0.775. The van der Waals surface area contributed by atoms with E-state index in [0.717, 1.165) is 44.3 Å². The lowest BCUT2D eigenvalue weighted by Crippen LogP contribution is -2.21. The lowest BCUT2D eigenvalue weighted by atomic mass is 9.84. The molecule has 150 valence electrons. The molecule has 28 heavy (non-hydrogen) atoms. The first-order valence-electron chi connectivity index (χ1n) is 10.0. The van der Waals surface area contributed by atoms with E-state index in [1.165, 1.54) is 0 Å². The van der Waals surface area contributed by atoms with Gasteiger partial charge in [0.05, 0.1) is 10.6 Å². The van der Waals surface area contributed by atoms with E-state index in [-0.39, 0.29) is 23.3 Å². The predicted molar refractivity (Wildman–Crippen MR) is 106 cm³/mol. The van der Waals surface area contributed by atoms with Gasteiger partial charge >= 0.3 is 0 Å². The fourth-order valence-corrected chi connectivity index (χ4v) is 5.50. The maximum Gasteiger partial charge on any atom is 0.277 e. The second-order valence-corrected chi connectivity index (χ2v) is 10.3. The third kappa shape index (κ3) is 4.46. The van der Waals surface area contributed by atoms with Gasteiger partial charge in [-0.25, -0.2) is 8.42 Å². The number of hydrogen-bond donors (Lipinski definition) is 1. The lowest BCUT2D eigenvalue weighted by molar-refractivity contribution is 0.101. The van der Waals surface area contributed by atoms with Crippen LogP contribution in [0.25, 0.3) is 0 Å². The van der Waals surface area contributed by atoms with E-state index in [1.807, 2.05) is 0 Å². The van der Waals surface area contributed by atoms with Crippen LogP contribution in [0.4, 0.5) is 5.69 Å². The number of benzene rings is 1. The van der Waals surface area contributed by atoms with Gasteiger partial charge in [0.15, 0.2) is 15.5 Å². The van der Waals surface area contributed by atoms with E-state index >= 15 is 0 Å². The Kier molecular flexibility index (Phi) is 5.27. The number of aromatic nitrogens is 1. The summed E-state index contributed by atoms with van der Waals surface area (Å²) in [4.78, 5) is 12.6. The van der Waals surface area contributed by atoms with Gasteiger partial charge in [-0.15, -0.1) is 0 Å². The molecule has 0 saturated heterocycles. The highest BCUT2D eigenvalue weighted by Gasteiger charge is 2.29. The normalized spacial score (nSPS) is 22.8. The molecular weight excluding hydrogens is 376 g/mol. The number of rotatable bonds is 6. The Bertz CT molecular complexity index is 937. The molecule has 0 aliphatic heterocycles. The summed E-state index contributed by atoms with van der Waals surface area (Å²) in [5.74, 6) is 1.94. The zero-order chi connectivity index (χ0) is 19.7. The van der Waals surface area contributed by atoms with Crippen molar-refractivity contribution in [1.82, 2.24) is 5.16 Å². The summed E-state index contributed by atoms with van der Waals surface area (Å²) in [6, 6.07) is 8.05.